The number of benzene rings is 3. The Morgan fingerprint density at radius 2 is 1.39 bits per heavy atom. The molecule has 5 aromatic rings. The molecule has 250 valence electrons. The normalized spacial score (nSPS) is 21.5. The molecule has 4 atom stereocenters. The number of aromatic nitrogens is 4. The molecule has 8 rings (SSSR count). The molecule has 10 heteroatoms. The van der Waals surface area contributed by atoms with E-state index in [1.54, 1.807) is 0 Å². The quantitative estimate of drug-likeness (QED) is 0.229. The molecule has 2 aromatic heterocycles. The fourth-order valence-electron chi connectivity index (χ4n) is 7.72. The number of ether oxygens (including phenoxy) is 1. The number of hydrogen-bond donors (Lipinski definition) is 2. The number of rotatable bonds is 6. The van der Waals surface area contributed by atoms with Gasteiger partial charge in [0.05, 0.1) is 34.2 Å². The van der Waals surface area contributed by atoms with Gasteiger partial charge in [0, 0.05) is 30.8 Å². The van der Waals surface area contributed by atoms with Crippen molar-refractivity contribution in [2.24, 2.45) is 0 Å². The maximum absolute atomic E-state index is 13.9. The summed E-state index contributed by atoms with van der Waals surface area (Å²) in [6, 6.07) is 21.5. The average molecular weight is 656 g/mol. The third-order valence-corrected chi connectivity index (χ3v) is 10.1. The summed E-state index contributed by atoms with van der Waals surface area (Å²) in [6.45, 7) is 2.11. The first kappa shape index (κ1) is 31.3. The molecular formula is C39H41N7O3. The number of imidazole rings is 2. The van der Waals surface area contributed by atoms with Crippen molar-refractivity contribution >= 4 is 33.9 Å². The average Bonchev–Trinajstić information content (AvgIpc) is 3.95. The highest BCUT2D eigenvalue weighted by molar-refractivity contribution is 5.85. The zero-order valence-electron chi connectivity index (χ0n) is 28.0. The molecule has 0 unspecified atom stereocenters. The first-order valence-electron chi connectivity index (χ1n) is 17.4. The van der Waals surface area contributed by atoms with Crippen molar-refractivity contribution in [2.75, 3.05) is 33.8 Å². The summed E-state index contributed by atoms with van der Waals surface area (Å²) in [5, 5.41) is 0. The minimum absolute atomic E-state index is 0.0580. The molecule has 0 aliphatic carbocycles. The van der Waals surface area contributed by atoms with Crippen LogP contribution >= 0.6 is 0 Å². The van der Waals surface area contributed by atoms with Crippen molar-refractivity contribution in [3.05, 3.63) is 95.1 Å². The topological polar surface area (TPSA) is 110 Å². The van der Waals surface area contributed by atoms with Gasteiger partial charge < -0.3 is 24.5 Å². The Kier molecular flexibility index (Phi) is 8.40. The van der Waals surface area contributed by atoms with Crippen LogP contribution in [0.25, 0.3) is 22.1 Å². The van der Waals surface area contributed by atoms with E-state index < -0.39 is 0 Å². The van der Waals surface area contributed by atoms with Gasteiger partial charge in [-0.25, -0.2) is 9.97 Å². The standard InChI is InChI=1S/C39H41N7O3/c1-44(2)35(27-9-4-3-5-10-27)39(48)46-21-7-12-33(46)37-41-29-19-17-26(24-31(29)43-37)15-14-25-16-18-28-30(23-25)42-36(40-28)32-11-6-20-45(32)38(47)34-13-8-22-49-34/h3-5,9-10,16-19,23-24,32-35H,6-8,11-13,20-22H2,1-2H3,(H,40,42)(H,41,43)/t32-,33-,34+,35+/m0/s1. The van der Waals surface area contributed by atoms with E-state index in [9.17, 15) is 9.59 Å². The van der Waals surface area contributed by atoms with Crippen molar-refractivity contribution in [1.82, 2.24) is 34.6 Å². The largest absolute Gasteiger partial charge is 0.368 e. The van der Waals surface area contributed by atoms with Crippen molar-refractivity contribution in [1.29, 1.82) is 0 Å². The highest BCUT2D eigenvalue weighted by Crippen LogP contribution is 2.36. The van der Waals surface area contributed by atoms with Gasteiger partial charge >= 0.3 is 0 Å². The van der Waals surface area contributed by atoms with E-state index in [0.717, 1.165) is 95.5 Å². The van der Waals surface area contributed by atoms with E-state index in [4.69, 9.17) is 14.7 Å². The Morgan fingerprint density at radius 3 is 1.96 bits per heavy atom. The second kappa shape index (κ2) is 13.1. The van der Waals surface area contributed by atoms with Gasteiger partial charge in [-0.15, -0.1) is 0 Å². The summed E-state index contributed by atoms with van der Waals surface area (Å²) in [7, 11) is 3.91. The van der Waals surface area contributed by atoms with E-state index >= 15 is 0 Å². The molecular weight excluding hydrogens is 614 g/mol. The highest BCUT2D eigenvalue weighted by Gasteiger charge is 2.38. The monoisotopic (exact) mass is 655 g/mol. The molecule has 10 nitrogen and oxygen atoms in total. The molecule has 0 spiro atoms. The summed E-state index contributed by atoms with van der Waals surface area (Å²) in [6.07, 6.45) is 5.08. The first-order valence-corrected chi connectivity index (χ1v) is 17.4. The lowest BCUT2D eigenvalue weighted by atomic mass is 10.0. The van der Waals surface area contributed by atoms with Crippen LogP contribution < -0.4 is 0 Å². The molecule has 0 saturated carbocycles. The highest BCUT2D eigenvalue weighted by atomic mass is 16.5. The molecule has 0 bridgehead atoms. The number of amides is 2. The number of carbonyl (C=O) groups excluding carboxylic acids is 2. The maximum Gasteiger partial charge on any atom is 0.252 e. The lowest BCUT2D eigenvalue weighted by Crippen LogP contribution is -2.40. The fourth-order valence-corrected chi connectivity index (χ4v) is 7.72. The SMILES string of the molecule is CN(C)[C@@H](C(=O)N1CCC[C@H]1c1nc2ccc(C#Cc3ccc4nc([C@@H]5CCCN5C(=O)[C@H]5CCCO5)[nH]c4c3)cc2[nH]1)c1ccccc1. The van der Waals surface area contributed by atoms with Crippen LogP contribution in [0.1, 0.15) is 85.0 Å². The first-order chi connectivity index (χ1) is 23.9. The van der Waals surface area contributed by atoms with Crippen molar-refractivity contribution in [3.63, 3.8) is 0 Å². The Labute approximate surface area is 285 Å². The zero-order chi connectivity index (χ0) is 33.5. The zero-order valence-corrected chi connectivity index (χ0v) is 28.0. The predicted molar refractivity (Wildman–Crippen MR) is 187 cm³/mol. The second-order valence-electron chi connectivity index (χ2n) is 13.6. The Morgan fingerprint density at radius 1 is 0.796 bits per heavy atom. The van der Waals surface area contributed by atoms with Gasteiger partial charge in [-0.1, -0.05) is 42.2 Å². The number of carbonyl (C=O) groups is 2. The molecule has 2 amide bonds. The minimum Gasteiger partial charge on any atom is -0.368 e. The van der Waals surface area contributed by atoms with Crippen LogP contribution in [-0.4, -0.2) is 86.3 Å². The molecule has 3 saturated heterocycles. The summed E-state index contributed by atoms with van der Waals surface area (Å²) >= 11 is 0. The van der Waals surface area contributed by atoms with Gasteiger partial charge in [0.15, 0.2) is 0 Å². The van der Waals surface area contributed by atoms with Gasteiger partial charge in [-0.3, -0.25) is 14.5 Å². The minimum atomic E-state index is -0.348. The molecule has 0 radical (unpaired) electrons. The summed E-state index contributed by atoms with van der Waals surface area (Å²) in [4.78, 5) is 49.7. The molecule has 5 heterocycles. The number of hydrogen-bond acceptors (Lipinski definition) is 6. The van der Waals surface area contributed by atoms with Crippen LogP contribution in [0.5, 0.6) is 0 Å². The smallest absolute Gasteiger partial charge is 0.252 e. The van der Waals surface area contributed by atoms with Gasteiger partial charge in [0.25, 0.3) is 5.91 Å². The van der Waals surface area contributed by atoms with Crippen molar-refractivity contribution in [3.8, 4) is 11.8 Å². The fraction of sp³-hybridized carbons (Fsp3) is 0.385. The van der Waals surface area contributed by atoms with Crippen molar-refractivity contribution < 1.29 is 14.3 Å². The maximum atomic E-state index is 13.9. The summed E-state index contributed by atoms with van der Waals surface area (Å²) < 4.78 is 5.68. The third kappa shape index (κ3) is 6.09. The van der Waals surface area contributed by atoms with E-state index in [1.165, 1.54) is 0 Å². The number of nitrogens with one attached hydrogen (secondary N) is 2. The molecule has 3 fully saturated rings. The summed E-state index contributed by atoms with van der Waals surface area (Å²) in [5.41, 5.74) is 6.28. The van der Waals surface area contributed by atoms with Crippen molar-refractivity contribution in [2.45, 2.75) is 62.8 Å². The van der Waals surface area contributed by atoms with E-state index in [0.29, 0.717) is 13.2 Å². The number of aromatic amines is 2. The lowest BCUT2D eigenvalue weighted by molar-refractivity contribution is -0.142. The number of fused-ring (bicyclic) bond motifs is 2. The second-order valence-corrected chi connectivity index (χ2v) is 13.6. The molecule has 3 aromatic carbocycles. The third-order valence-electron chi connectivity index (χ3n) is 10.1. The van der Waals surface area contributed by atoms with Gasteiger partial charge in [0.1, 0.15) is 23.8 Å². The predicted octanol–water partition coefficient (Wildman–Crippen LogP) is 5.65. The van der Waals surface area contributed by atoms with Crippen LogP contribution in [0.15, 0.2) is 66.7 Å². The number of nitrogens with zero attached hydrogens (tertiary/aromatic N) is 5. The molecule has 3 aliphatic heterocycles. The van der Waals surface area contributed by atoms with Gasteiger partial charge in [0.2, 0.25) is 5.91 Å². The molecule has 49 heavy (non-hydrogen) atoms. The van der Waals surface area contributed by atoms with Crippen LogP contribution in [0, 0.1) is 11.8 Å². The van der Waals surface area contributed by atoms with Crippen LogP contribution in [0.4, 0.5) is 0 Å². The number of H-pyrrole nitrogens is 2. The van der Waals surface area contributed by atoms with Crippen LogP contribution in [0.2, 0.25) is 0 Å². The van der Waals surface area contributed by atoms with E-state index in [1.807, 2.05) is 95.5 Å². The Bertz CT molecular complexity index is 2070. The molecule has 3 aliphatic rings. The van der Waals surface area contributed by atoms with Crippen LogP contribution in [0.3, 0.4) is 0 Å². The van der Waals surface area contributed by atoms with Crippen LogP contribution in [-0.2, 0) is 14.3 Å². The summed E-state index contributed by atoms with van der Waals surface area (Å²) in [5.74, 6) is 8.45. The number of likely N-dealkylation sites (tertiary alicyclic amines) is 2. The Balaban J connectivity index is 0.994. The van der Waals surface area contributed by atoms with E-state index in [2.05, 4.69) is 21.8 Å². The Hall–Kier alpha value is -4.98. The van der Waals surface area contributed by atoms with Gasteiger partial charge in [-0.2, -0.15) is 0 Å². The van der Waals surface area contributed by atoms with Gasteiger partial charge in [-0.05, 0) is 94.6 Å². The number of likely N-dealkylation sites (N-methyl/N-ethyl adjacent to an activating group) is 1. The van der Waals surface area contributed by atoms with E-state index in [-0.39, 0.29) is 36.0 Å². The lowest BCUT2D eigenvalue weighted by Gasteiger charge is -2.31. The molecule has 2 N–H and O–H groups in total.